The fourth-order valence-corrected chi connectivity index (χ4v) is 6.90. The van der Waals surface area contributed by atoms with E-state index in [2.05, 4.69) is 41.7 Å². The zero-order valence-electron chi connectivity index (χ0n) is 16.0. The number of sulfonamides is 1. The number of hydrogen-bond acceptors (Lipinski definition) is 4. The standard InChI is InChI=1S/C21H26N2O2S2/c1-14-12-23(13-15(2)22-14)27(24,25)16(3)17-8-9-21-19(10-17)11-18-6-4-5-7-20(18)26-21/h4-10,14-16,22H,11-13H2,1-3H3. The van der Waals surface area contributed by atoms with Crippen molar-refractivity contribution in [2.45, 2.75) is 54.3 Å². The van der Waals surface area contributed by atoms with Gasteiger partial charge in [-0.25, -0.2) is 8.42 Å². The van der Waals surface area contributed by atoms with E-state index in [4.69, 9.17) is 0 Å². The molecule has 0 aromatic heterocycles. The molecule has 2 aliphatic heterocycles. The van der Waals surface area contributed by atoms with E-state index in [1.54, 1.807) is 16.1 Å². The highest BCUT2D eigenvalue weighted by Crippen LogP contribution is 2.41. The van der Waals surface area contributed by atoms with Crippen LogP contribution >= 0.6 is 11.8 Å². The van der Waals surface area contributed by atoms with E-state index in [-0.39, 0.29) is 12.1 Å². The zero-order valence-corrected chi connectivity index (χ0v) is 17.6. The van der Waals surface area contributed by atoms with E-state index in [0.29, 0.717) is 13.1 Å². The third-order valence-corrected chi connectivity index (χ3v) is 8.88. The Morgan fingerprint density at radius 3 is 2.44 bits per heavy atom. The predicted molar refractivity (Wildman–Crippen MR) is 111 cm³/mol. The van der Waals surface area contributed by atoms with Crippen LogP contribution in [-0.4, -0.2) is 37.9 Å². The molecule has 1 fully saturated rings. The quantitative estimate of drug-likeness (QED) is 0.724. The zero-order chi connectivity index (χ0) is 19.2. The summed E-state index contributed by atoms with van der Waals surface area (Å²) in [6.07, 6.45) is 0.862. The SMILES string of the molecule is CC1CN(S(=O)(=O)C(C)c2ccc3c(c2)Cc2ccccc2S3)CC(C)N1. The molecular formula is C21H26N2O2S2. The van der Waals surface area contributed by atoms with Gasteiger partial charge in [0.15, 0.2) is 0 Å². The maximum Gasteiger partial charge on any atom is 0.221 e. The van der Waals surface area contributed by atoms with E-state index in [1.165, 1.54) is 20.9 Å². The molecule has 3 unspecified atom stereocenters. The van der Waals surface area contributed by atoms with Gasteiger partial charge in [0.05, 0.1) is 5.25 Å². The smallest absolute Gasteiger partial charge is 0.221 e. The average molecular weight is 403 g/mol. The summed E-state index contributed by atoms with van der Waals surface area (Å²) in [7, 11) is -3.38. The fraction of sp³-hybridized carbons (Fsp3) is 0.429. The van der Waals surface area contributed by atoms with Crippen LogP contribution in [0.4, 0.5) is 0 Å². The first-order valence-corrected chi connectivity index (χ1v) is 11.8. The van der Waals surface area contributed by atoms with Gasteiger partial charge in [0.1, 0.15) is 0 Å². The molecule has 0 amide bonds. The molecular weight excluding hydrogens is 376 g/mol. The van der Waals surface area contributed by atoms with Crippen LogP contribution in [0.5, 0.6) is 0 Å². The highest BCUT2D eigenvalue weighted by molar-refractivity contribution is 7.99. The van der Waals surface area contributed by atoms with Gasteiger partial charge in [0, 0.05) is 35.0 Å². The highest BCUT2D eigenvalue weighted by Gasteiger charge is 2.35. The van der Waals surface area contributed by atoms with Gasteiger partial charge in [0.25, 0.3) is 0 Å². The predicted octanol–water partition coefficient (Wildman–Crippen LogP) is 3.82. The maximum atomic E-state index is 13.2. The fourth-order valence-electron chi connectivity index (χ4n) is 4.04. The molecule has 1 saturated heterocycles. The topological polar surface area (TPSA) is 49.4 Å². The van der Waals surface area contributed by atoms with Gasteiger partial charge in [-0.1, -0.05) is 42.1 Å². The summed E-state index contributed by atoms with van der Waals surface area (Å²) in [5.74, 6) is 0. The van der Waals surface area contributed by atoms with Crippen molar-refractivity contribution in [1.82, 2.24) is 9.62 Å². The van der Waals surface area contributed by atoms with Crippen LogP contribution in [0, 0.1) is 0 Å². The average Bonchev–Trinajstić information content (AvgIpc) is 2.64. The highest BCUT2D eigenvalue weighted by atomic mass is 32.2. The summed E-state index contributed by atoms with van der Waals surface area (Å²) in [6, 6.07) is 14.9. The molecule has 6 heteroatoms. The first-order chi connectivity index (χ1) is 12.8. The number of piperazine rings is 1. The minimum atomic E-state index is -3.38. The Morgan fingerprint density at radius 1 is 1.04 bits per heavy atom. The third-order valence-electron chi connectivity index (χ3n) is 5.46. The molecule has 2 aromatic carbocycles. The molecule has 0 spiro atoms. The van der Waals surface area contributed by atoms with Crippen LogP contribution in [-0.2, 0) is 16.4 Å². The molecule has 2 aromatic rings. The summed E-state index contributed by atoms with van der Waals surface area (Å²) in [5, 5.41) is 2.86. The lowest BCUT2D eigenvalue weighted by atomic mass is 10.0. The number of nitrogens with one attached hydrogen (secondary N) is 1. The summed E-state index contributed by atoms with van der Waals surface area (Å²) in [6.45, 7) is 6.96. The number of hydrogen-bond donors (Lipinski definition) is 1. The van der Waals surface area contributed by atoms with Crippen molar-refractivity contribution < 1.29 is 8.42 Å². The molecule has 0 radical (unpaired) electrons. The van der Waals surface area contributed by atoms with Crippen LogP contribution in [0.2, 0.25) is 0 Å². The molecule has 27 heavy (non-hydrogen) atoms. The van der Waals surface area contributed by atoms with Crippen molar-refractivity contribution >= 4 is 21.8 Å². The van der Waals surface area contributed by atoms with Crippen molar-refractivity contribution in [2.75, 3.05) is 13.1 Å². The van der Waals surface area contributed by atoms with E-state index < -0.39 is 15.3 Å². The maximum absolute atomic E-state index is 13.2. The van der Waals surface area contributed by atoms with Crippen LogP contribution in [0.3, 0.4) is 0 Å². The van der Waals surface area contributed by atoms with E-state index in [9.17, 15) is 8.42 Å². The second kappa shape index (κ2) is 7.24. The Balaban J connectivity index is 1.61. The molecule has 0 bridgehead atoms. The molecule has 0 saturated carbocycles. The number of nitrogens with zero attached hydrogens (tertiary/aromatic N) is 1. The van der Waals surface area contributed by atoms with Gasteiger partial charge in [-0.15, -0.1) is 0 Å². The van der Waals surface area contributed by atoms with Crippen molar-refractivity contribution in [1.29, 1.82) is 0 Å². The van der Waals surface area contributed by atoms with Crippen molar-refractivity contribution in [3.05, 3.63) is 59.2 Å². The van der Waals surface area contributed by atoms with Gasteiger partial charge < -0.3 is 5.32 Å². The van der Waals surface area contributed by atoms with Crippen molar-refractivity contribution in [2.24, 2.45) is 0 Å². The van der Waals surface area contributed by atoms with E-state index in [1.807, 2.05) is 26.8 Å². The minimum absolute atomic E-state index is 0.173. The van der Waals surface area contributed by atoms with Gasteiger partial charge >= 0.3 is 0 Å². The Labute approximate surface area is 166 Å². The molecule has 144 valence electrons. The third kappa shape index (κ3) is 3.68. The monoisotopic (exact) mass is 402 g/mol. The summed E-state index contributed by atoms with van der Waals surface area (Å²) in [4.78, 5) is 2.52. The van der Waals surface area contributed by atoms with Gasteiger partial charge in [0.2, 0.25) is 10.0 Å². The molecule has 1 N–H and O–H groups in total. The summed E-state index contributed by atoms with van der Waals surface area (Å²) in [5.41, 5.74) is 3.42. The number of benzene rings is 2. The summed E-state index contributed by atoms with van der Waals surface area (Å²) < 4.78 is 28.1. The molecule has 0 aliphatic carbocycles. The normalized spacial score (nSPS) is 24.1. The Morgan fingerprint density at radius 2 is 1.70 bits per heavy atom. The van der Waals surface area contributed by atoms with Gasteiger partial charge in [-0.05, 0) is 56.0 Å². The van der Waals surface area contributed by atoms with E-state index in [0.717, 1.165) is 12.0 Å². The Bertz CT molecular complexity index is 948. The van der Waals surface area contributed by atoms with Gasteiger partial charge in [-0.3, -0.25) is 0 Å². The largest absolute Gasteiger partial charge is 0.309 e. The van der Waals surface area contributed by atoms with Crippen LogP contribution in [0.1, 0.15) is 42.7 Å². The number of rotatable bonds is 3. The summed E-state index contributed by atoms with van der Waals surface area (Å²) >= 11 is 1.77. The van der Waals surface area contributed by atoms with Crippen LogP contribution < -0.4 is 5.32 Å². The minimum Gasteiger partial charge on any atom is -0.309 e. The lowest BCUT2D eigenvalue weighted by Crippen LogP contribution is -2.56. The first-order valence-electron chi connectivity index (χ1n) is 9.48. The lowest BCUT2D eigenvalue weighted by molar-refractivity contribution is 0.261. The van der Waals surface area contributed by atoms with Crippen molar-refractivity contribution in [3.8, 4) is 0 Å². The van der Waals surface area contributed by atoms with E-state index >= 15 is 0 Å². The molecule has 3 atom stereocenters. The first kappa shape index (κ1) is 19.0. The van der Waals surface area contributed by atoms with Gasteiger partial charge in [-0.2, -0.15) is 4.31 Å². The Kier molecular flexibility index (Phi) is 5.10. The van der Waals surface area contributed by atoms with Crippen molar-refractivity contribution in [3.63, 3.8) is 0 Å². The number of fused-ring (bicyclic) bond motifs is 2. The lowest BCUT2D eigenvalue weighted by Gasteiger charge is -2.36. The van der Waals surface area contributed by atoms with Crippen LogP contribution in [0.25, 0.3) is 0 Å². The molecule has 4 nitrogen and oxygen atoms in total. The second-order valence-electron chi connectivity index (χ2n) is 7.73. The Hall–Kier alpha value is -1.34. The molecule has 4 rings (SSSR count). The second-order valence-corrected chi connectivity index (χ2v) is 11.1. The van der Waals surface area contributed by atoms with Crippen LogP contribution in [0.15, 0.2) is 52.3 Å². The molecule has 2 aliphatic rings. The molecule has 2 heterocycles.